The highest BCUT2D eigenvalue weighted by molar-refractivity contribution is 7.22. The van der Waals surface area contributed by atoms with E-state index >= 15 is 0 Å². The Morgan fingerprint density at radius 2 is 2.20 bits per heavy atom. The van der Waals surface area contributed by atoms with Crippen LogP contribution in [0.5, 0.6) is 0 Å². The van der Waals surface area contributed by atoms with Gasteiger partial charge in [-0.1, -0.05) is 23.5 Å². The van der Waals surface area contributed by atoms with Crippen LogP contribution in [0.2, 0.25) is 0 Å². The molecule has 1 heterocycles. The molecule has 0 aliphatic carbocycles. The molecular formula is C11H15N3S. The van der Waals surface area contributed by atoms with Gasteiger partial charge in [-0.15, -0.1) is 0 Å². The third kappa shape index (κ3) is 2.27. The van der Waals surface area contributed by atoms with E-state index in [2.05, 4.69) is 16.0 Å². The van der Waals surface area contributed by atoms with Gasteiger partial charge in [-0.25, -0.2) is 4.98 Å². The Labute approximate surface area is 93.5 Å². The Morgan fingerprint density at radius 3 is 2.87 bits per heavy atom. The van der Waals surface area contributed by atoms with Gasteiger partial charge in [-0.2, -0.15) is 0 Å². The molecule has 0 amide bonds. The fourth-order valence-electron chi connectivity index (χ4n) is 1.53. The van der Waals surface area contributed by atoms with Crippen LogP contribution in [0.25, 0.3) is 10.2 Å². The van der Waals surface area contributed by atoms with Crippen LogP contribution in [0.15, 0.2) is 24.3 Å². The topological polar surface area (TPSA) is 42.1 Å². The molecule has 0 spiro atoms. The normalized spacial score (nSPS) is 13.0. The molecule has 1 aromatic heterocycles. The number of aromatic nitrogens is 1. The summed E-state index contributed by atoms with van der Waals surface area (Å²) in [4.78, 5) is 6.66. The van der Waals surface area contributed by atoms with Crippen LogP contribution in [-0.4, -0.2) is 24.6 Å². The highest BCUT2D eigenvalue weighted by atomic mass is 32.1. The van der Waals surface area contributed by atoms with E-state index in [-0.39, 0.29) is 6.04 Å². The van der Waals surface area contributed by atoms with E-state index in [1.54, 1.807) is 11.3 Å². The predicted molar refractivity (Wildman–Crippen MR) is 66.5 cm³/mol. The first-order valence-corrected chi connectivity index (χ1v) is 5.81. The molecule has 1 aromatic carbocycles. The molecule has 0 saturated heterocycles. The summed E-state index contributed by atoms with van der Waals surface area (Å²) < 4.78 is 1.23. The van der Waals surface area contributed by atoms with Gasteiger partial charge in [0.2, 0.25) is 0 Å². The van der Waals surface area contributed by atoms with Crippen molar-refractivity contribution in [2.75, 3.05) is 18.5 Å². The number of benzene rings is 1. The van der Waals surface area contributed by atoms with E-state index in [4.69, 9.17) is 5.73 Å². The van der Waals surface area contributed by atoms with Gasteiger partial charge in [0.1, 0.15) is 0 Å². The van der Waals surface area contributed by atoms with Crippen LogP contribution < -0.4 is 10.6 Å². The van der Waals surface area contributed by atoms with Crippen LogP contribution in [0.1, 0.15) is 6.92 Å². The summed E-state index contributed by atoms with van der Waals surface area (Å²) in [5.41, 5.74) is 6.82. The second-order valence-electron chi connectivity index (χ2n) is 3.82. The summed E-state index contributed by atoms with van der Waals surface area (Å²) in [6.07, 6.45) is 0. The molecule has 0 aliphatic heterocycles. The van der Waals surface area contributed by atoms with Gasteiger partial charge in [-0.3, -0.25) is 0 Å². The second kappa shape index (κ2) is 4.16. The summed E-state index contributed by atoms with van der Waals surface area (Å²) in [5, 5.41) is 1.04. The van der Waals surface area contributed by atoms with Gasteiger partial charge in [0.15, 0.2) is 5.13 Å². The average Bonchev–Trinajstić information content (AvgIpc) is 2.59. The van der Waals surface area contributed by atoms with Gasteiger partial charge in [0, 0.05) is 19.6 Å². The lowest BCUT2D eigenvalue weighted by molar-refractivity contribution is 0.716. The molecule has 15 heavy (non-hydrogen) atoms. The highest BCUT2D eigenvalue weighted by Gasteiger charge is 2.08. The van der Waals surface area contributed by atoms with Crippen LogP contribution in [0.3, 0.4) is 0 Å². The molecule has 1 unspecified atom stereocenters. The van der Waals surface area contributed by atoms with E-state index < -0.39 is 0 Å². The lowest BCUT2D eigenvalue weighted by atomic mass is 10.3. The lowest BCUT2D eigenvalue weighted by Crippen LogP contribution is -2.32. The Balaban J connectivity index is 2.28. The number of thiazole rings is 1. The van der Waals surface area contributed by atoms with Crippen molar-refractivity contribution in [2.24, 2.45) is 5.73 Å². The number of nitrogens with zero attached hydrogens (tertiary/aromatic N) is 2. The van der Waals surface area contributed by atoms with Crippen molar-refractivity contribution >= 4 is 26.7 Å². The predicted octanol–water partition coefficient (Wildman–Crippen LogP) is 2.08. The number of anilines is 1. The smallest absolute Gasteiger partial charge is 0.186 e. The third-order valence-electron chi connectivity index (χ3n) is 2.17. The first-order valence-electron chi connectivity index (χ1n) is 4.99. The standard InChI is InChI=1S/C11H15N3S/c1-8(12)7-14(2)11-13-9-5-3-4-6-10(9)15-11/h3-6,8H,7,12H2,1-2H3. The molecule has 4 heteroatoms. The SMILES string of the molecule is CC(N)CN(C)c1nc2ccccc2s1. The van der Waals surface area contributed by atoms with E-state index in [9.17, 15) is 0 Å². The largest absolute Gasteiger partial charge is 0.350 e. The molecule has 1 atom stereocenters. The van der Waals surface area contributed by atoms with Crippen molar-refractivity contribution < 1.29 is 0 Å². The summed E-state index contributed by atoms with van der Waals surface area (Å²) in [5.74, 6) is 0. The van der Waals surface area contributed by atoms with Crippen molar-refractivity contribution in [1.82, 2.24) is 4.98 Å². The van der Waals surface area contributed by atoms with Gasteiger partial charge in [0.25, 0.3) is 0 Å². The van der Waals surface area contributed by atoms with E-state index in [1.165, 1.54) is 4.70 Å². The molecular weight excluding hydrogens is 206 g/mol. The summed E-state index contributed by atoms with van der Waals surface area (Å²) in [6, 6.07) is 8.35. The lowest BCUT2D eigenvalue weighted by Gasteiger charge is -2.17. The molecule has 2 N–H and O–H groups in total. The van der Waals surface area contributed by atoms with Crippen LogP contribution in [0.4, 0.5) is 5.13 Å². The number of rotatable bonds is 3. The quantitative estimate of drug-likeness (QED) is 0.863. The number of hydrogen-bond donors (Lipinski definition) is 1. The summed E-state index contributed by atoms with van der Waals surface area (Å²) in [7, 11) is 2.03. The van der Waals surface area contributed by atoms with Gasteiger partial charge in [-0.05, 0) is 19.1 Å². The zero-order valence-corrected chi connectivity index (χ0v) is 9.79. The molecule has 0 saturated carbocycles. The van der Waals surface area contributed by atoms with Gasteiger partial charge < -0.3 is 10.6 Å². The number of hydrogen-bond acceptors (Lipinski definition) is 4. The molecule has 0 fully saturated rings. The first-order chi connectivity index (χ1) is 7.16. The monoisotopic (exact) mass is 221 g/mol. The summed E-state index contributed by atoms with van der Waals surface area (Å²) in [6.45, 7) is 2.84. The Kier molecular flexibility index (Phi) is 2.88. The highest BCUT2D eigenvalue weighted by Crippen LogP contribution is 2.27. The Hall–Kier alpha value is -1.13. The Morgan fingerprint density at radius 1 is 1.47 bits per heavy atom. The molecule has 3 nitrogen and oxygen atoms in total. The van der Waals surface area contributed by atoms with Gasteiger partial charge in [0.05, 0.1) is 10.2 Å². The van der Waals surface area contributed by atoms with Crippen molar-refractivity contribution in [2.45, 2.75) is 13.0 Å². The van der Waals surface area contributed by atoms with E-state index in [0.717, 1.165) is 17.2 Å². The average molecular weight is 221 g/mol. The summed E-state index contributed by atoms with van der Waals surface area (Å²) >= 11 is 1.71. The van der Waals surface area contributed by atoms with Crippen molar-refractivity contribution in [3.63, 3.8) is 0 Å². The molecule has 0 radical (unpaired) electrons. The second-order valence-corrected chi connectivity index (χ2v) is 4.83. The maximum atomic E-state index is 5.76. The zero-order chi connectivity index (χ0) is 10.8. The molecule has 2 aromatic rings. The van der Waals surface area contributed by atoms with Crippen LogP contribution >= 0.6 is 11.3 Å². The first kappa shape index (κ1) is 10.4. The van der Waals surface area contributed by atoms with E-state index in [1.807, 2.05) is 32.2 Å². The number of fused-ring (bicyclic) bond motifs is 1. The molecule has 0 bridgehead atoms. The number of likely N-dealkylation sites (N-methyl/N-ethyl adjacent to an activating group) is 1. The minimum absolute atomic E-state index is 0.169. The minimum Gasteiger partial charge on any atom is -0.350 e. The third-order valence-corrected chi connectivity index (χ3v) is 3.32. The van der Waals surface area contributed by atoms with Crippen molar-refractivity contribution in [3.8, 4) is 0 Å². The number of para-hydroxylation sites is 1. The fourth-order valence-corrected chi connectivity index (χ4v) is 2.47. The van der Waals surface area contributed by atoms with Gasteiger partial charge >= 0.3 is 0 Å². The zero-order valence-electron chi connectivity index (χ0n) is 8.97. The van der Waals surface area contributed by atoms with E-state index in [0.29, 0.717) is 0 Å². The maximum absolute atomic E-state index is 5.76. The molecule has 80 valence electrons. The van der Waals surface area contributed by atoms with Crippen molar-refractivity contribution in [1.29, 1.82) is 0 Å². The maximum Gasteiger partial charge on any atom is 0.186 e. The molecule has 0 aliphatic rings. The minimum atomic E-state index is 0.169. The fraction of sp³-hybridized carbons (Fsp3) is 0.364. The Bertz CT molecular complexity index is 417. The van der Waals surface area contributed by atoms with Crippen molar-refractivity contribution in [3.05, 3.63) is 24.3 Å². The molecule has 2 rings (SSSR count). The van der Waals surface area contributed by atoms with Crippen LogP contribution in [-0.2, 0) is 0 Å². The number of nitrogens with two attached hydrogens (primary N) is 1. The van der Waals surface area contributed by atoms with Crippen LogP contribution in [0, 0.1) is 0 Å².